The zero-order chi connectivity index (χ0) is 12.6. The van der Waals surface area contributed by atoms with E-state index >= 15 is 0 Å². The average molecular weight is 423 g/mol. The lowest BCUT2D eigenvalue weighted by molar-refractivity contribution is 0.826. The summed E-state index contributed by atoms with van der Waals surface area (Å²) < 4.78 is 4.12. The summed E-state index contributed by atoms with van der Waals surface area (Å²) >= 11 is 10.6. The van der Waals surface area contributed by atoms with E-state index in [0.717, 1.165) is 31.4 Å². The lowest BCUT2D eigenvalue weighted by Gasteiger charge is -2.09. The van der Waals surface area contributed by atoms with Crippen molar-refractivity contribution in [2.45, 2.75) is 19.2 Å². The fraction of sp³-hybridized carbons (Fsp3) is 0.250. The molecule has 90 valence electrons. The van der Waals surface area contributed by atoms with Gasteiger partial charge in [-0.05, 0) is 53.5 Å². The van der Waals surface area contributed by atoms with E-state index in [9.17, 15) is 0 Å². The van der Waals surface area contributed by atoms with Gasteiger partial charge in [0.15, 0.2) is 0 Å². The molecule has 2 nitrogen and oxygen atoms in total. The van der Waals surface area contributed by atoms with Crippen molar-refractivity contribution >= 4 is 47.8 Å². The van der Waals surface area contributed by atoms with E-state index in [-0.39, 0.29) is 0 Å². The molecule has 0 radical (unpaired) electrons. The van der Waals surface area contributed by atoms with Gasteiger partial charge in [0.1, 0.15) is 0 Å². The highest BCUT2D eigenvalue weighted by molar-refractivity contribution is 9.10. The highest BCUT2D eigenvalue weighted by Crippen LogP contribution is 2.27. The van der Waals surface area contributed by atoms with Crippen LogP contribution in [0.1, 0.15) is 17.0 Å². The summed E-state index contributed by atoms with van der Waals surface area (Å²) in [5, 5.41) is 5.36. The quantitative estimate of drug-likeness (QED) is 0.629. The highest BCUT2D eigenvalue weighted by Gasteiger charge is 2.12. The molecule has 1 aromatic carbocycles. The first kappa shape index (κ1) is 13.3. The Balaban J connectivity index is 2.64. The Kier molecular flexibility index (Phi) is 4.10. The molecule has 5 heteroatoms. The number of aromatic nitrogens is 2. The number of benzene rings is 1. The maximum Gasteiger partial charge on any atom is 0.0743 e. The van der Waals surface area contributed by atoms with E-state index in [4.69, 9.17) is 0 Å². The minimum Gasteiger partial charge on any atom is -0.236 e. The van der Waals surface area contributed by atoms with Crippen LogP contribution in [0.2, 0.25) is 0 Å². The van der Waals surface area contributed by atoms with Gasteiger partial charge >= 0.3 is 0 Å². The van der Waals surface area contributed by atoms with Crippen LogP contribution in [0, 0.1) is 13.8 Å². The number of hydrogen-bond donors (Lipinski definition) is 0. The third-order valence-electron chi connectivity index (χ3n) is 2.62. The van der Waals surface area contributed by atoms with Crippen LogP contribution in [-0.2, 0) is 5.33 Å². The molecular weight excluding hydrogens is 412 g/mol. The van der Waals surface area contributed by atoms with Crippen molar-refractivity contribution in [3.63, 3.8) is 0 Å². The van der Waals surface area contributed by atoms with Gasteiger partial charge in [-0.1, -0.05) is 31.9 Å². The summed E-state index contributed by atoms with van der Waals surface area (Å²) in [6.45, 7) is 4.06. The molecule has 0 aliphatic rings. The zero-order valence-electron chi connectivity index (χ0n) is 9.47. The number of aryl methyl sites for hydroxylation is 1. The number of rotatable bonds is 2. The molecule has 0 amide bonds. The summed E-state index contributed by atoms with van der Waals surface area (Å²) in [7, 11) is 0. The third-order valence-corrected chi connectivity index (χ3v) is 4.86. The van der Waals surface area contributed by atoms with Crippen molar-refractivity contribution in [2.24, 2.45) is 0 Å². The third kappa shape index (κ3) is 2.51. The highest BCUT2D eigenvalue weighted by atomic mass is 79.9. The first-order chi connectivity index (χ1) is 8.04. The molecule has 0 atom stereocenters. The molecule has 17 heavy (non-hydrogen) atoms. The first-order valence-corrected chi connectivity index (χ1v) is 7.82. The van der Waals surface area contributed by atoms with Gasteiger partial charge < -0.3 is 0 Å². The van der Waals surface area contributed by atoms with Crippen LogP contribution in [0.5, 0.6) is 0 Å². The second-order valence-corrected chi connectivity index (χ2v) is 6.07. The summed E-state index contributed by atoms with van der Waals surface area (Å²) in [6, 6.07) is 6.22. The standard InChI is InChI=1S/C12H11Br3N2/c1-7-12(15)8(2)17(16-7)11-4-3-10(14)5-9(11)6-13/h3-5H,6H2,1-2H3. The molecule has 2 rings (SSSR count). The van der Waals surface area contributed by atoms with Crippen molar-refractivity contribution in [2.75, 3.05) is 0 Å². The Morgan fingerprint density at radius 1 is 1.24 bits per heavy atom. The normalized spacial score (nSPS) is 10.9. The van der Waals surface area contributed by atoms with Gasteiger partial charge in [-0.3, -0.25) is 0 Å². The molecule has 0 spiro atoms. The molecule has 1 aromatic heterocycles. The Hall–Kier alpha value is -0.130. The van der Waals surface area contributed by atoms with E-state index in [0.29, 0.717) is 0 Å². The fourth-order valence-electron chi connectivity index (χ4n) is 1.73. The summed E-state index contributed by atoms with van der Waals surface area (Å²) in [5.74, 6) is 0. The molecule has 0 aliphatic heterocycles. The number of alkyl halides is 1. The zero-order valence-corrected chi connectivity index (χ0v) is 14.2. The second-order valence-electron chi connectivity index (χ2n) is 3.80. The van der Waals surface area contributed by atoms with Crippen LogP contribution >= 0.6 is 47.8 Å². The van der Waals surface area contributed by atoms with Crippen LogP contribution in [0.15, 0.2) is 27.1 Å². The number of halogens is 3. The smallest absolute Gasteiger partial charge is 0.0743 e. The van der Waals surface area contributed by atoms with E-state index in [1.807, 2.05) is 17.7 Å². The predicted molar refractivity (Wildman–Crippen MR) is 81.1 cm³/mol. The van der Waals surface area contributed by atoms with Gasteiger partial charge in [0.2, 0.25) is 0 Å². The maximum absolute atomic E-state index is 4.55. The molecule has 0 unspecified atom stereocenters. The predicted octanol–water partition coefficient (Wildman–Crippen LogP) is 4.91. The van der Waals surface area contributed by atoms with Crippen molar-refractivity contribution < 1.29 is 0 Å². The second kappa shape index (κ2) is 5.24. The molecule has 1 heterocycles. The minimum absolute atomic E-state index is 0.803. The van der Waals surface area contributed by atoms with Gasteiger partial charge in [0.25, 0.3) is 0 Å². The van der Waals surface area contributed by atoms with E-state index in [1.165, 1.54) is 5.56 Å². The van der Waals surface area contributed by atoms with Crippen LogP contribution in [-0.4, -0.2) is 9.78 Å². The Bertz CT molecular complexity index is 561. The average Bonchev–Trinajstić information content (AvgIpc) is 2.57. The Morgan fingerprint density at radius 2 is 1.94 bits per heavy atom. The van der Waals surface area contributed by atoms with Gasteiger partial charge in [0, 0.05) is 9.80 Å². The molecule has 0 bridgehead atoms. The monoisotopic (exact) mass is 420 g/mol. The molecule has 0 saturated carbocycles. The van der Waals surface area contributed by atoms with Crippen molar-refractivity contribution in [3.05, 3.63) is 44.1 Å². The molecule has 0 N–H and O–H groups in total. The van der Waals surface area contributed by atoms with Crippen molar-refractivity contribution in [3.8, 4) is 5.69 Å². The largest absolute Gasteiger partial charge is 0.236 e. The minimum atomic E-state index is 0.803. The lowest BCUT2D eigenvalue weighted by Crippen LogP contribution is -2.02. The van der Waals surface area contributed by atoms with E-state index in [1.54, 1.807) is 0 Å². The maximum atomic E-state index is 4.55. The number of nitrogens with zero attached hydrogens (tertiary/aromatic N) is 2. The Labute approximate surface area is 126 Å². The van der Waals surface area contributed by atoms with Crippen LogP contribution < -0.4 is 0 Å². The molecular formula is C12H11Br3N2. The van der Waals surface area contributed by atoms with Gasteiger partial charge in [-0.15, -0.1) is 0 Å². The van der Waals surface area contributed by atoms with Crippen LogP contribution in [0.25, 0.3) is 5.69 Å². The Morgan fingerprint density at radius 3 is 2.47 bits per heavy atom. The van der Waals surface area contributed by atoms with Crippen molar-refractivity contribution in [1.29, 1.82) is 0 Å². The van der Waals surface area contributed by atoms with Crippen LogP contribution in [0.3, 0.4) is 0 Å². The van der Waals surface area contributed by atoms with Crippen molar-refractivity contribution in [1.82, 2.24) is 9.78 Å². The van der Waals surface area contributed by atoms with E-state index in [2.05, 4.69) is 71.9 Å². The van der Waals surface area contributed by atoms with Gasteiger partial charge in [-0.25, -0.2) is 4.68 Å². The first-order valence-electron chi connectivity index (χ1n) is 5.11. The molecule has 0 saturated heterocycles. The summed E-state index contributed by atoms with van der Waals surface area (Å²) in [5.41, 5.74) is 4.44. The molecule has 2 aromatic rings. The summed E-state index contributed by atoms with van der Waals surface area (Å²) in [6.07, 6.45) is 0. The molecule has 0 aliphatic carbocycles. The molecule has 0 fully saturated rings. The van der Waals surface area contributed by atoms with Gasteiger partial charge in [-0.2, -0.15) is 5.10 Å². The van der Waals surface area contributed by atoms with E-state index < -0.39 is 0 Å². The van der Waals surface area contributed by atoms with Gasteiger partial charge in [0.05, 0.1) is 21.5 Å². The topological polar surface area (TPSA) is 17.8 Å². The summed E-state index contributed by atoms with van der Waals surface area (Å²) in [4.78, 5) is 0. The fourth-order valence-corrected chi connectivity index (χ4v) is 2.83. The number of hydrogen-bond acceptors (Lipinski definition) is 1. The lowest BCUT2D eigenvalue weighted by atomic mass is 10.2. The van der Waals surface area contributed by atoms with Crippen LogP contribution in [0.4, 0.5) is 0 Å². The SMILES string of the molecule is Cc1nn(-c2ccc(Br)cc2CBr)c(C)c1Br.